The van der Waals surface area contributed by atoms with Crippen molar-refractivity contribution in [1.82, 2.24) is 10.2 Å². The molecular weight excluding hydrogens is 350 g/mol. The summed E-state index contributed by atoms with van der Waals surface area (Å²) < 4.78 is 0. The highest BCUT2D eigenvalue weighted by atomic mass is 35.5. The van der Waals surface area contributed by atoms with E-state index < -0.39 is 4.92 Å². The van der Waals surface area contributed by atoms with E-state index in [1.165, 1.54) is 18.2 Å². The molecule has 1 aliphatic heterocycles. The monoisotopic (exact) mass is 371 g/mol. The van der Waals surface area contributed by atoms with Crippen molar-refractivity contribution in [2.24, 2.45) is 11.7 Å². The number of halogens is 1. The quantitative estimate of drug-likeness (QED) is 0.391. The number of nitrogen functional groups attached to an aromatic ring is 1. The van der Waals surface area contributed by atoms with Gasteiger partial charge in [0.25, 0.3) is 11.6 Å². The highest BCUT2D eigenvalue weighted by Gasteiger charge is 2.29. The number of nitro groups is 1. The minimum atomic E-state index is -0.620. The fourth-order valence-electron chi connectivity index (χ4n) is 2.73. The summed E-state index contributed by atoms with van der Waals surface area (Å²) in [4.78, 5) is 36.5. The Morgan fingerprint density at radius 1 is 1.40 bits per heavy atom. The number of piperidine rings is 1. The van der Waals surface area contributed by atoms with Crippen molar-refractivity contribution in [2.45, 2.75) is 12.8 Å². The number of nitro benzene ring substituents is 1. The second-order valence-corrected chi connectivity index (χ2v) is 5.70. The van der Waals surface area contributed by atoms with E-state index in [-0.39, 0.29) is 53.6 Å². The van der Waals surface area contributed by atoms with Gasteiger partial charge >= 0.3 is 0 Å². The average Bonchev–Trinajstić information content (AvgIpc) is 2.59. The number of carbonyl (C=O) groups excluding carboxylic acids is 2. The molecule has 1 atom stereocenters. The smallest absolute Gasteiger partial charge is 0.292 e. The lowest BCUT2D eigenvalue weighted by molar-refractivity contribution is -0.383. The van der Waals surface area contributed by atoms with Gasteiger partial charge in [-0.15, -0.1) is 12.4 Å². The van der Waals surface area contributed by atoms with Gasteiger partial charge in [-0.3, -0.25) is 19.7 Å². The third-order valence-corrected chi connectivity index (χ3v) is 4.00. The molecule has 1 fully saturated rings. The van der Waals surface area contributed by atoms with Crippen LogP contribution in [-0.4, -0.2) is 47.8 Å². The van der Waals surface area contributed by atoms with E-state index in [1.807, 2.05) is 0 Å². The summed E-state index contributed by atoms with van der Waals surface area (Å²) in [5.41, 5.74) is 10.8. The first kappa shape index (κ1) is 20.7. The summed E-state index contributed by atoms with van der Waals surface area (Å²) in [5.74, 6) is -0.756. The van der Waals surface area contributed by atoms with Crippen LogP contribution in [0.2, 0.25) is 0 Å². The normalized spacial score (nSPS) is 16.7. The maximum Gasteiger partial charge on any atom is 0.292 e. The van der Waals surface area contributed by atoms with E-state index in [9.17, 15) is 19.7 Å². The topological polar surface area (TPSA) is 145 Å². The second-order valence-electron chi connectivity index (χ2n) is 5.70. The molecule has 1 aromatic carbocycles. The maximum absolute atomic E-state index is 12.6. The lowest BCUT2D eigenvalue weighted by Crippen LogP contribution is -2.46. The van der Waals surface area contributed by atoms with Crippen LogP contribution in [-0.2, 0) is 4.79 Å². The van der Waals surface area contributed by atoms with E-state index in [2.05, 4.69) is 5.32 Å². The number of hydrogen-bond donors (Lipinski definition) is 3. The highest BCUT2D eigenvalue weighted by molar-refractivity contribution is 5.96. The van der Waals surface area contributed by atoms with Crippen molar-refractivity contribution in [3.05, 3.63) is 33.9 Å². The Morgan fingerprint density at radius 3 is 2.76 bits per heavy atom. The predicted molar refractivity (Wildman–Crippen MR) is 95.4 cm³/mol. The van der Waals surface area contributed by atoms with E-state index in [0.717, 1.165) is 0 Å². The minimum Gasteiger partial charge on any atom is -0.393 e. The Labute approximate surface area is 151 Å². The molecule has 1 saturated heterocycles. The van der Waals surface area contributed by atoms with Crippen LogP contribution in [0.5, 0.6) is 0 Å². The van der Waals surface area contributed by atoms with Crippen molar-refractivity contribution >= 4 is 35.6 Å². The Morgan fingerprint density at radius 2 is 2.12 bits per heavy atom. The lowest BCUT2D eigenvalue weighted by atomic mass is 9.96. The largest absolute Gasteiger partial charge is 0.393 e. The van der Waals surface area contributed by atoms with Crippen LogP contribution < -0.4 is 16.8 Å². The van der Waals surface area contributed by atoms with Gasteiger partial charge in [-0.25, -0.2) is 0 Å². The first-order chi connectivity index (χ1) is 11.4. The number of nitrogens with zero attached hydrogens (tertiary/aromatic N) is 2. The number of nitrogens with two attached hydrogens (primary N) is 2. The molecule has 0 aliphatic carbocycles. The molecule has 5 N–H and O–H groups in total. The molecular formula is C15H22ClN5O4. The van der Waals surface area contributed by atoms with E-state index in [4.69, 9.17) is 11.5 Å². The molecule has 1 aliphatic rings. The number of carbonyl (C=O) groups is 2. The zero-order chi connectivity index (χ0) is 17.7. The molecule has 2 rings (SSSR count). The molecule has 25 heavy (non-hydrogen) atoms. The molecule has 9 nitrogen and oxygen atoms in total. The van der Waals surface area contributed by atoms with E-state index >= 15 is 0 Å². The number of nitrogens with one attached hydrogen (secondary N) is 1. The molecule has 1 unspecified atom stereocenters. The fourth-order valence-corrected chi connectivity index (χ4v) is 2.73. The van der Waals surface area contributed by atoms with Gasteiger partial charge in [0.15, 0.2) is 0 Å². The second kappa shape index (κ2) is 9.19. The van der Waals surface area contributed by atoms with Gasteiger partial charge in [0.1, 0.15) is 5.69 Å². The number of anilines is 1. The number of amides is 2. The van der Waals surface area contributed by atoms with Gasteiger partial charge < -0.3 is 21.7 Å². The molecule has 2 amide bonds. The van der Waals surface area contributed by atoms with Gasteiger partial charge in [-0.05, 0) is 25.0 Å². The Kier molecular flexibility index (Phi) is 7.59. The van der Waals surface area contributed by atoms with Gasteiger partial charge in [0.05, 0.1) is 10.8 Å². The molecule has 0 radical (unpaired) electrons. The molecule has 0 aromatic heterocycles. The van der Waals surface area contributed by atoms with Crippen LogP contribution in [0.1, 0.15) is 23.2 Å². The van der Waals surface area contributed by atoms with Crippen LogP contribution in [0.15, 0.2) is 18.2 Å². The zero-order valence-electron chi connectivity index (χ0n) is 13.6. The number of rotatable bonds is 5. The van der Waals surface area contributed by atoms with Crippen LogP contribution in [0.25, 0.3) is 0 Å². The summed E-state index contributed by atoms with van der Waals surface area (Å²) in [6, 6.07) is 3.99. The van der Waals surface area contributed by atoms with Crippen LogP contribution in [0, 0.1) is 16.0 Å². The fraction of sp³-hybridized carbons (Fsp3) is 0.467. The van der Waals surface area contributed by atoms with Gasteiger partial charge in [-0.2, -0.15) is 0 Å². The first-order valence-corrected chi connectivity index (χ1v) is 7.75. The molecule has 0 bridgehead atoms. The molecule has 138 valence electrons. The number of likely N-dealkylation sites (tertiary alicyclic amines) is 1. The minimum absolute atomic E-state index is 0. The van der Waals surface area contributed by atoms with Crippen molar-refractivity contribution < 1.29 is 14.5 Å². The summed E-state index contributed by atoms with van der Waals surface area (Å²) in [6.45, 7) is 1.55. The molecule has 10 heteroatoms. The third-order valence-electron chi connectivity index (χ3n) is 4.00. The predicted octanol–water partition coefficient (Wildman–Crippen LogP) is 0.526. The van der Waals surface area contributed by atoms with Crippen molar-refractivity contribution in [2.75, 3.05) is 31.9 Å². The van der Waals surface area contributed by atoms with Gasteiger partial charge in [-0.1, -0.05) is 0 Å². The summed E-state index contributed by atoms with van der Waals surface area (Å²) in [6.07, 6.45) is 1.39. The number of hydrogen-bond acceptors (Lipinski definition) is 6. The average molecular weight is 372 g/mol. The molecule has 0 spiro atoms. The third kappa shape index (κ3) is 5.04. The Bertz CT molecular complexity index is 655. The number of benzene rings is 1. The summed E-state index contributed by atoms with van der Waals surface area (Å²) in [5, 5.41) is 13.7. The SMILES string of the molecule is Cl.NCCNC(=O)C1CCCN(C(=O)c2ccc(N)c([N+](=O)[O-])c2)C1. The van der Waals surface area contributed by atoms with Crippen LogP contribution in [0.4, 0.5) is 11.4 Å². The van der Waals surface area contributed by atoms with Gasteiger partial charge in [0, 0.05) is 37.8 Å². The first-order valence-electron chi connectivity index (χ1n) is 7.75. The van der Waals surface area contributed by atoms with E-state index in [1.54, 1.807) is 4.90 Å². The van der Waals surface area contributed by atoms with Gasteiger partial charge in [0.2, 0.25) is 5.91 Å². The lowest BCUT2D eigenvalue weighted by Gasteiger charge is -2.32. The van der Waals surface area contributed by atoms with Crippen LogP contribution in [0.3, 0.4) is 0 Å². The molecule has 1 heterocycles. The van der Waals surface area contributed by atoms with Crippen molar-refractivity contribution in [3.63, 3.8) is 0 Å². The maximum atomic E-state index is 12.6. The molecule has 0 saturated carbocycles. The summed E-state index contributed by atoms with van der Waals surface area (Å²) >= 11 is 0. The zero-order valence-corrected chi connectivity index (χ0v) is 14.5. The van der Waals surface area contributed by atoms with Crippen molar-refractivity contribution in [3.8, 4) is 0 Å². The Hall–Kier alpha value is -2.39. The molecule has 1 aromatic rings. The summed E-state index contributed by atoms with van der Waals surface area (Å²) in [7, 11) is 0. The van der Waals surface area contributed by atoms with E-state index in [0.29, 0.717) is 32.5 Å². The Balaban J connectivity index is 0.00000312. The highest BCUT2D eigenvalue weighted by Crippen LogP contribution is 2.25. The standard InChI is InChI=1S/C15H21N5O4.ClH/c16-5-6-18-14(21)11-2-1-7-19(9-11)15(22)10-3-4-12(17)13(8-10)20(23)24;/h3-4,8,11H,1-2,5-7,9,16-17H2,(H,18,21);1H. The van der Waals surface area contributed by atoms with Crippen molar-refractivity contribution in [1.29, 1.82) is 0 Å². The van der Waals surface area contributed by atoms with Crippen LogP contribution >= 0.6 is 12.4 Å².